The zero-order chi connectivity index (χ0) is 41.4. The fourth-order valence-corrected chi connectivity index (χ4v) is 10.9. The van der Waals surface area contributed by atoms with Gasteiger partial charge in [0, 0.05) is 30.1 Å². The number of Topliss-reactive ketones (excluding diaryl/α,β-unsaturated/α-hetero) is 1. The molecule has 318 valence electrons. The van der Waals surface area contributed by atoms with Crippen molar-refractivity contribution in [2.45, 2.75) is 199 Å². The Morgan fingerprint density at radius 3 is 2.25 bits per heavy atom. The molecule has 0 radical (unpaired) electrons. The SMILES string of the molecule is C#CCN[C@H]1C=C[C@]2(O[C@H]([C@@H](CC)C(=O)[C@@H](C)[C@@H](O)[C@H](C)C3OC(C(CC)C(=O)O)CC[C@@H]3C)[C@@H](C)C[C@H]2C)O[C@@]12CC[C@@](C)([C@H]1CC[C@](O)(CC)[C@H](C)O1)O2. The molecule has 18 atom stereocenters. The van der Waals surface area contributed by atoms with E-state index in [-0.39, 0.29) is 53.8 Å². The van der Waals surface area contributed by atoms with E-state index in [9.17, 15) is 24.9 Å². The molecular formula is C45H73NO10. The summed E-state index contributed by atoms with van der Waals surface area (Å²) in [6.45, 7) is 20.2. The second kappa shape index (κ2) is 17.8. The van der Waals surface area contributed by atoms with E-state index in [0.717, 1.165) is 12.8 Å². The number of carboxylic acids is 1. The third kappa shape index (κ3) is 8.56. The van der Waals surface area contributed by atoms with Gasteiger partial charge in [-0.3, -0.25) is 14.9 Å². The summed E-state index contributed by atoms with van der Waals surface area (Å²) in [4.78, 5) is 26.5. The topological polar surface area (TPSA) is 153 Å². The first kappa shape index (κ1) is 45.2. The maximum absolute atomic E-state index is 14.6. The number of ketones is 1. The molecule has 5 aliphatic rings. The number of nitrogens with one attached hydrogen (secondary N) is 1. The summed E-state index contributed by atoms with van der Waals surface area (Å²) in [6, 6.07) is -0.361. The largest absolute Gasteiger partial charge is 0.481 e. The van der Waals surface area contributed by atoms with Crippen LogP contribution >= 0.6 is 0 Å². The molecule has 5 heterocycles. The first-order chi connectivity index (χ1) is 26.3. The summed E-state index contributed by atoms with van der Waals surface area (Å²) in [5.41, 5.74) is -1.55. The summed E-state index contributed by atoms with van der Waals surface area (Å²) in [7, 11) is 0. The van der Waals surface area contributed by atoms with Gasteiger partial charge in [-0.15, -0.1) is 6.42 Å². The van der Waals surface area contributed by atoms with Crippen LogP contribution in [0.4, 0.5) is 0 Å². The highest BCUT2D eigenvalue weighted by Crippen LogP contribution is 2.54. The quantitative estimate of drug-likeness (QED) is 0.114. The molecule has 11 nitrogen and oxygen atoms in total. The van der Waals surface area contributed by atoms with E-state index in [2.05, 4.69) is 45.0 Å². The predicted molar refractivity (Wildman–Crippen MR) is 213 cm³/mol. The maximum Gasteiger partial charge on any atom is 0.309 e. The molecule has 0 aromatic heterocycles. The van der Waals surface area contributed by atoms with Crippen LogP contribution in [0.25, 0.3) is 0 Å². The number of carboxylic acid groups (broad SMARTS) is 1. The molecule has 0 aliphatic carbocycles. The standard InChI is InChI=1S/C45H73NO10/c1-12-24-46-35-18-21-44(56-45(35)23-22-42(11,55-45)36-19-20-43(51,15-4)31(10)52-36)28(7)25-27(6)40(54-44)33(14-3)38(48)29(8)37(47)30(9)39-26(5)16-17-34(53-39)32(13-2)41(49)50/h1,18,21,26-37,39-40,46-47,51H,13-17,19-20,22-25H2,2-11H3,(H,49,50)/t26-,27-,28+,29-,30-,31-,32?,33-,34?,35-,36+,37+,39?,40-,42-,43+,44-,45-/m0/s1. The van der Waals surface area contributed by atoms with E-state index in [1.54, 1.807) is 6.92 Å². The number of ether oxygens (including phenoxy) is 5. The number of carbonyl (C=O) groups excluding carboxylic acids is 1. The van der Waals surface area contributed by atoms with Gasteiger partial charge in [0.1, 0.15) is 5.78 Å². The Kier molecular flexibility index (Phi) is 14.3. The summed E-state index contributed by atoms with van der Waals surface area (Å²) in [5.74, 6) is -2.65. The van der Waals surface area contributed by atoms with Crippen LogP contribution in [0.3, 0.4) is 0 Å². The van der Waals surface area contributed by atoms with Gasteiger partial charge in [-0.1, -0.05) is 67.4 Å². The average Bonchev–Trinajstić information content (AvgIpc) is 3.51. The van der Waals surface area contributed by atoms with Crippen molar-refractivity contribution < 1.29 is 48.6 Å². The Morgan fingerprint density at radius 2 is 1.64 bits per heavy atom. The van der Waals surface area contributed by atoms with Crippen molar-refractivity contribution in [3.05, 3.63) is 12.2 Å². The van der Waals surface area contributed by atoms with Gasteiger partial charge in [0.2, 0.25) is 0 Å². The molecule has 4 N–H and O–H groups in total. The van der Waals surface area contributed by atoms with Crippen molar-refractivity contribution in [3.8, 4) is 12.3 Å². The van der Waals surface area contributed by atoms with Crippen LogP contribution < -0.4 is 5.32 Å². The molecule has 3 unspecified atom stereocenters. The van der Waals surface area contributed by atoms with Crippen LogP contribution in [-0.4, -0.2) is 99.1 Å². The first-order valence-electron chi connectivity index (χ1n) is 21.8. The van der Waals surface area contributed by atoms with Crippen LogP contribution in [0.2, 0.25) is 0 Å². The fourth-order valence-electron chi connectivity index (χ4n) is 10.9. The highest BCUT2D eigenvalue weighted by molar-refractivity contribution is 5.84. The molecular weight excluding hydrogens is 714 g/mol. The van der Waals surface area contributed by atoms with Crippen molar-refractivity contribution in [3.63, 3.8) is 0 Å². The van der Waals surface area contributed by atoms with Crippen LogP contribution in [0, 0.1) is 53.8 Å². The van der Waals surface area contributed by atoms with Crippen molar-refractivity contribution in [2.75, 3.05) is 6.54 Å². The Labute approximate surface area is 336 Å². The van der Waals surface area contributed by atoms with Gasteiger partial charge < -0.3 is 39.0 Å². The molecule has 4 saturated heterocycles. The predicted octanol–water partition coefficient (Wildman–Crippen LogP) is 6.42. The van der Waals surface area contributed by atoms with Gasteiger partial charge in [-0.2, -0.15) is 0 Å². The number of aliphatic hydroxyl groups excluding tert-OH is 1. The lowest BCUT2D eigenvalue weighted by molar-refractivity contribution is -0.398. The lowest BCUT2D eigenvalue weighted by Crippen LogP contribution is -2.65. The Hall–Kier alpha value is -1.88. The molecule has 0 aromatic rings. The van der Waals surface area contributed by atoms with Crippen molar-refractivity contribution in [1.29, 1.82) is 0 Å². The lowest BCUT2D eigenvalue weighted by Gasteiger charge is -2.55. The zero-order valence-electron chi connectivity index (χ0n) is 35.8. The van der Waals surface area contributed by atoms with Gasteiger partial charge in [0.15, 0.2) is 11.6 Å². The van der Waals surface area contributed by atoms with Gasteiger partial charge in [-0.25, -0.2) is 0 Å². The highest BCUT2D eigenvalue weighted by atomic mass is 16.8. The monoisotopic (exact) mass is 788 g/mol. The van der Waals surface area contributed by atoms with Gasteiger partial charge in [0.05, 0.1) is 66.3 Å². The fraction of sp³-hybridized carbons (Fsp3) is 0.867. The normalized spacial score (nSPS) is 44.2. The van der Waals surface area contributed by atoms with Crippen LogP contribution in [0.1, 0.15) is 133 Å². The average molecular weight is 788 g/mol. The molecule has 0 aromatic carbocycles. The highest BCUT2D eigenvalue weighted by Gasteiger charge is 2.63. The van der Waals surface area contributed by atoms with Gasteiger partial charge >= 0.3 is 5.97 Å². The number of carbonyl (C=O) groups is 2. The Balaban J connectivity index is 1.36. The molecule has 0 amide bonds. The van der Waals surface area contributed by atoms with E-state index in [1.165, 1.54) is 0 Å². The molecule has 56 heavy (non-hydrogen) atoms. The molecule has 0 bridgehead atoms. The zero-order valence-corrected chi connectivity index (χ0v) is 35.8. The van der Waals surface area contributed by atoms with Gasteiger partial charge in [-0.05, 0) is 89.5 Å². The molecule has 0 saturated carbocycles. The number of rotatable bonds is 14. The number of hydrogen-bond acceptors (Lipinski definition) is 10. The summed E-state index contributed by atoms with van der Waals surface area (Å²) in [5, 5.41) is 36.2. The Morgan fingerprint density at radius 1 is 0.946 bits per heavy atom. The molecule has 2 spiro atoms. The number of aliphatic carboxylic acids is 1. The molecule has 11 heteroatoms. The maximum atomic E-state index is 14.6. The van der Waals surface area contributed by atoms with Crippen LogP contribution in [0.15, 0.2) is 12.2 Å². The van der Waals surface area contributed by atoms with Crippen molar-refractivity contribution in [2.24, 2.45) is 41.4 Å². The van der Waals surface area contributed by atoms with Crippen LogP contribution in [-0.2, 0) is 33.3 Å². The van der Waals surface area contributed by atoms with Crippen molar-refractivity contribution >= 4 is 11.8 Å². The molecule has 4 fully saturated rings. The number of aliphatic hydroxyl groups is 2. The lowest BCUT2D eigenvalue weighted by atomic mass is 9.72. The third-order valence-corrected chi connectivity index (χ3v) is 14.9. The van der Waals surface area contributed by atoms with Gasteiger partial charge in [0.25, 0.3) is 0 Å². The second-order valence-corrected chi connectivity index (χ2v) is 18.5. The van der Waals surface area contributed by atoms with Crippen LogP contribution in [0.5, 0.6) is 0 Å². The second-order valence-electron chi connectivity index (χ2n) is 18.5. The summed E-state index contributed by atoms with van der Waals surface area (Å²) < 4.78 is 34.4. The smallest absolute Gasteiger partial charge is 0.309 e. The minimum atomic E-state index is -1.18. The minimum absolute atomic E-state index is 0.0326. The van der Waals surface area contributed by atoms with E-state index in [0.29, 0.717) is 57.9 Å². The minimum Gasteiger partial charge on any atom is -0.481 e. The molecule has 5 aliphatic heterocycles. The van der Waals surface area contributed by atoms with Crippen molar-refractivity contribution in [1.82, 2.24) is 5.32 Å². The number of terminal acetylenes is 1. The third-order valence-electron chi connectivity index (χ3n) is 14.9. The van der Waals surface area contributed by atoms with E-state index in [1.807, 2.05) is 40.7 Å². The molecule has 5 rings (SSSR count). The number of hydrogen-bond donors (Lipinski definition) is 4. The van der Waals surface area contributed by atoms with E-state index in [4.69, 9.17) is 30.1 Å². The summed E-state index contributed by atoms with van der Waals surface area (Å²) >= 11 is 0. The first-order valence-corrected chi connectivity index (χ1v) is 21.8. The Bertz CT molecular complexity index is 1450. The van der Waals surface area contributed by atoms with E-state index < -0.39 is 64.8 Å². The van der Waals surface area contributed by atoms with E-state index >= 15 is 0 Å². The summed E-state index contributed by atoms with van der Waals surface area (Å²) in [6.07, 6.45) is 13.2.